The van der Waals surface area contributed by atoms with Gasteiger partial charge in [0.2, 0.25) is 0 Å². The minimum absolute atomic E-state index is 0.328. The van der Waals surface area contributed by atoms with Crippen LogP contribution >= 0.6 is 0 Å². The van der Waals surface area contributed by atoms with E-state index in [0.717, 1.165) is 11.0 Å². The molecule has 0 unspecified atom stereocenters. The van der Waals surface area contributed by atoms with Gasteiger partial charge in [0, 0.05) is 5.56 Å². The van der Waals surface area contributed by atoms with Gasteiger partial charge in [-0.25, -0.2) is 4.90 Å². The first-order valence-electron chi connectivity index (χ1n) is 6.45. The number of amides is 2. The van der Waals surface area contributed by atoms with Crippen LogP contribution in [-0.2, 0) is 4.79 Å². The third-order valence-electron chi connectivity index (χ3n) is 3.00. The lowest BCUT2D eigenvalue weighted by Gasteiger charge is -2.22. The van der Waals surface area contributed by atoms with Crippen molar-refractivity contribution in [3.63, 3.8) is 0 Å². The zero-order valence-corrected chi connectivity index (χ0v) is 11.5. The lowest BCUT2D eigenvalue weighted by molar-refractivity contribution is -0.121. The van der Waals surface area contributed by atoms with E-state index in [2.05, 4.69) is 13.2 Å². The molecule has 0 heterocycles. The van der Waals surface area contributed by atoms with Gasteiger partial charge in [0.15, 0.2) is 0 Å². The topological polar surface area (TPSA) is 37.4 Å². The van der Waals surface area contributed by atoms with E-state index in [0.29, 0.717) is 16.8 Å². The van der Waals surface area contributed by atoms with Gasteiger partial charge in [0.25, 0.3) is 11.8 Å². The van der Waals surface area contributed by atoms with Crippen LogP contribution in [0.3, 0.4) is 0 Å². The van der Waals surface area contributed by atoms with Gasteiger partial charge >= 0.3 is 0 Å². The molecular formula is C18H15NO2. The predicted molar refractivity (Wildman–Crippen MR) is 83.3 cm³/mol. The molecule has 0 aliphatic carbocycles. The molecule has 2 amide bonds. The Balaban J connectivity index is 2.40. The second-order valence-corrected chi connectivity index (χ2v) is 4.36. The third-order valence-corrected chi connectivity index (χ3v) is 3.00. The summed E-state index contributed by atoms with van der Waals surface area (Å²) in [4.78, 5) is 25.7. The zero-order chi connectivity index (χ0) is 15.2. The Hall–Kier alpha value is -2.94. The van der Waals surface area contributed by atoms with Crippen LogP contribution in [0.15, 0.2) is 79.9 Å². The Kier molecular flexibility index (Phi) is 4.46. The highest BCUT2D eigenvalue weighted by Crippen LogP contribution is 2.20. The number of carbonyl (C=O) groups excluding carboxylic acids is 2. The van der Waals surface area contributed by atoms with Crippen molar-refractivity contribution >= 4 is 17.5 Å². The van der Waals surface area contributed by atoms with E-state index in [1.54, 1.807) is 36.4 Å². The fraction of sp³-hybridized carbons (Fsp3) is 0. The van der Waals surface area contributed by atoms with Crippen molar-refractivity contribution in [3.8, 4) is 0 Å². The zero-order valence-electron chi connectivity index (χ0n) is 11.5. The normalized spacial score (nSPS) is 9.71. The smallest absolute Gasteiger partial charge is 0.265 e. The highest BCUT2D eigenvalue weighted by atomic mass is 16.2. The molecule has 3 heteroatoms. The predicted octanol–water partition coefficient (Wildman–Crippen LogP) is 3.51. The molecule has 0 aromatic heterocycles. The standard InChI is InChI=1S/C18H15NO2/c1-3-17(20)19(14(2)15-10-6-4-7-11-15)18(21)16-12-8-5-9-13-16/h3-13H,1-2H2. The lowest BCUT2D eigenvalue weighted by atomic mass is 10.1. The van der Waals surface area contributed by atoms with Crippen molar-refractivity contribution in [2.45, 2.75) is 0 Å². The number of nitrogens with zero attached hydrogens (tertiary/aromatic N) is 1. The highest BCUT2D eigenvalue weighted by molar-refractivity contribution is 6.13. The number of hydrogen-bond donors (Lipinski definition) is 0. The fourth-order valence-corrected chi connectivity index (χ4v) is 1.92. The number of benzene rings is 2. The van der Waals surface area contributed by atoms with Crippen LogP contribution in [0.5, 0.6) is 0 Å². The van der Waals surface area contributed by atoms with Crippen molar-refractivity contribution in [3.05, 3.63) is 91.0 Å². The molecule has 0 aliphatic rings. The van der Waals surface area contributed by atoms with Crippen LogP contribution in [0.25, 0.3) is 5.70 Å². The number of hydrogen-bond acceptors (Lipinski definition) is 2. The van der Waals surface area contributed by atoms with Crippen molar-refractivity contribution < 1.29 is 9.59 Å². The average molecular weight is 277 g/mol. The molecule has 3 nitrogen and oxygen atoms in total. The monoisotopic (exact) mass is 277 g/mol. The van der Waals surface area contributed by atoms with Crippen LogP contribution in [0.2, 0.25) is 0 Å². The maximum absolute atomic E-state index is 12.6. The summed E-state index contributed by atoms with van der Waals surface area (Å²) in [7, 11) is 0. The van der Waals surface area contributed by atoms with Gasteiger partial charge in [-0.1, -0.05) is 61.7 Å². The molecule has 0 saturated heterocycles. The van der Waals surface area contributed by atoms with Gasteiger partial charge in [0.05, 0.1) is 5.70 Å². The largest absolute Gasteiger partial charge is 0.269 e. The van der Waals surface area contributed by atoms with Gasteiger partial charge in [-0.15, -0.1) is 0 Å². The van der Waals surface area contributed by atoms with Crippen LogP contribution in [0, 0.1) is 0 Å². The Bertz CT molecular complexity index is 623. The first-order chi connectivity index (χ1) is 10.1. The number of rotatable bonds is 4. The Labute approximate surface area is 123 Å². The molecule has 0 N–H and O–H groups in total. The molecule has 2 aromatic rings. The summed E-state index contributed by atoms with van der Waals surface area (Å²) >= 11 is 0. The first-order valence-corrected chi connectivity index (χ1v) is 6.45. The molecule has 0 radical (unpaired) electrons. The summed E-state index contributed by atoms with van der Waals surface area (Å²) in [6.45, 7) is 7.33. The Morgan fingerprint density at radius 2 is 1.33 bits per heavy atom. The van der Waals surface area contributed by atoms with Crippen molar-refractivity contribution in [1.29, 1.82) is 0 Å². The van der Waals surface area contributed by atoms with E-state index in [1.807, 2.05) is 24.3 Å². The van der Waals surface area contributed by atoms with E-state index in [1.165, 1.54) is 0 Å². The number of carbonyl (C=O) groups is 2. The van der Waals surface area contributed by atoms with Crippen molar-refractivity contribution in [1.82, 2.24) is 4.90 Å². The molecule has 0 fully saturated rings. The number of imide groups is 1. The lowest BCUT2D eigenvalue weighted by Crippen LogP contribution is -2.33. The third kappa shape index (κ3) is 3.15. The molecule has 0 atom stereocenters. The van der Waals surface area contributed by atoms with Crippen LogP contribution < -0.4 is 0 Å². The van der Waals surface area contributed by atoms with Gasteiger partial charge in [-0.2, -0.15) is 0 Å². The molecule has 0 spiro atoms. The van der Waals surface area contributed by atoms with E-state index in [4.69, 9.17) is 0 Å². The maximum atomic E-state index is 12.6. The summed E-state index contributed by atoms with van der Waals surface area (Å²) < 4.78 is 0. The highest BCUT2D eigenvalue weighted by Gasteiger charge is 2.24. The minimum Gasteiger partial charge on any atom is -0.269 e. The van der Waals surface area contributed by atoms with Crippen molar-refractivity contribution in [2.24, 2.45) is 0 Å². The summed E-state index contributed by atoms with van der Waals surface area (Å²) in [5, 5.41) is 0. The molecular weight excluding hydrogens is 262 g/mol. The second-order valence-electron chi connectivity index (χ2n) is 4.36. The average Bonchev–Trinajstić information content (AvgIpc) is 2.56. The summed E-state index contributed by atoms with van der Waals surface area (Å²) in [5.74, 6) is -0.924. The maximum Gasteiger partial charge on any atom is 0.265 e. The Morgan fingerprint density at radius 3 is 1.81 bits per heavy atom. The minimum atomic E-state index is -0.502. The molecule has 104 valence electrons. The van der Waals surface area contributed by atoms with Crippen LogP contribution in [0.4, 0.5) is 0 Å². The quantitative estimate of drug-likeness (QED) is 0.802. The molecule has 2 aromatic carbocycles. The van der Waals surface area contributed by atoms with Gasteiger partial charge < -0.3 is 0 Å². The van der Waals surface area contributed by atoms with Crippen molar-refractivity contribution in [2.75, 3.05) is 0 Å². The second kappa shape index (κ2) is 6.48. The Morgan fingerprint density at radius 1 is 0.857 bits per heavy atom. The van der Waals surface area contributed by atoms with Crippen LogP contribution in [0.1, 0.15) is 15.9 Å². The van der Waals surface area contributed by atoms with E-state index in [9.17, 15) is 9.59 Å². The summed E-state index contributed by atoms with van der Waals surface area (Å²) in [6.07, 6.45) is 1.11. The molecule has 21 heavy (non-hydrogen) atoms. The van der Waals surface area contributed by atoms with Gasteiger partial charge in [-0.3, -0.25) is 9.59 Å². The fourth-order valence-electron chi connectivity index (χ4n) is 1.92. The van der Waals surface area contributed by atoms with E-state index >= 15 is 0 Å². The van der Waals surface area contributed by atoms with E-state index in [-0.39, 0.29) is 0 Å². The van der Waals surface area contributed by atoms with Gasteiger partial charge in [-0.05, 0) is 23.8 Å². The molecule has 0 aliphatic heterocycles. The molecule has 0 bridgehead atoms. The van der Waals surface area contributed by atoms with Crippen LogP contribution in [-0.4, -0.2) is 16.7 Å². The van der Waals surface area contributed by atoms with Gasteiger partial charge in [0.1, 0.15) is 0 Å². The SMILES string of the molecule is C=CC(=O)N(C(=C)c1ccccc1)C(=O)c1ccccc1. The molecule has 2 rings (SSSR count). The summed E-state index contributed by atoms with van der Waals surface area (Å²) in [5.41, 5.74) is 1.45. The summed E-state index contributed by atoms with van der Waals surface area (Å²) in [6, 6.07) is 17.7. The molecule has 0 saturated carbocycles. The first kappa shape index (κ1) is 14.5. The van der Waals surface area contributed by atoms with E-state index < -0.39 is 11.8 Å².